The Hall–Kier alpha value is -3.32. The third-order valence-electron chi connectivity index (χ3n) is 7.02. The minimum absolute atomic E-state index is 0.0809. The van der Waals surface area contributed by atoms with Crippen LogP contribution < -0.4 is 4.90 Å². The van der Waals surface area contributed by atoms with Gasteiger partial charge in [-0.15, -0.1) is 0 Å². The van der Waals surface area contributed by atoms with Gasteiger partial charge in [0.15, 0.2) is 0 Å². The standard InChI is InChI=1S/C30H29N/c1-4-30(5-2)28-14-10-9-13-26(28)27-20-19-25(21-29(27)30)31(23-11-7-6-8-12-23)24-17-15-22(3)16-18-24/h6-21H,4-5H2,1-3H3. The molecule has 5 rings (SSSR count). The highest BCUT2D eigenvalue weighted by atomic mass is 15.1. The van der Waals surface area contributed by atoms with E-state index in [1.54, 1.807) is 0 Å². The molecule has 0 N–H and O–H groups in total. The van der Waals surface area contributed by atoms with Crippen molar-refractivity contribution in [3.63, 3.8) is 0 Å². The molecule has 0 heterocycles. The van der Waals surface area contributed by atoms with E-state index in [2.05, 4.69) is 123 Å². The zero-order valence-electron chi connectivity index (χ0n) is 18.6. The van der Waals surface area contributed by atoms with Crippen LogP contribution in [0.15, 0.2) is 97.1 Å². The van der Waals surface area contributed by atoms with Crippen LogP contribution in [0, 0.1) is 6.92 Å². The summed E-state index contributed by atoms with van der Waals surface area (Å²) >= 11 is 0. The number of aryl methyl sites for hydroxylation is 1. The maximum absolute atomic E-state index is 2.44. The van der Waals surface area contributed by atoms with E-state index in [0.717, 1.165) is 12.8 Å². The second kappa shape index (κ2) is 7.74. The normalized spacial score (nSPS) is 13.5. The molecule has 0 atom stereocenters. The van der Waals surface area contributed by atoms with Crippen LogP contribution in [0.5, 0.6) is 0 Å². The minimum Gasteiger partial charge on any atom is -0.310 e. The van der Waals surface area contributed by atoms with Gasteiger partial charge in [-0.1, -0.05) is 80.1 Å². The molecule has 0 radical (unpaired) electrons. The molecule has 0 bridgehead atoms. The molecule has 0 aromatic heterocycles. The van der Waals surface area contributed by atoms with Crippen LogP contribution in [0.1, 0.15) is 43.4 Å². The van der Waals surface area contributed by atoms with Gasteiger partial charge in [0.1, 0.15) is 0 Å². The number of hydrogen-bond donors (Lipinski definition) is 0. The van der Waals surface area contributed by atoms with Crippen molar-refractivity contribution in [3.8, 4) is 11.1 Å². The fourth-order valence-electron chi connectivity index (χ4n) is 5.31. The van der Waals surface area contributed by atoms with Gasteiger partial charge in [-0.05, 0) is 78.4 Å². The zero-order chi connectivity index (χ0) is 21.4. The summed E-state index contributed by atoms with van der Waals surface area (Å²) in [7, 11) is 0. The van der Waals surface area contributed by atoms with Crippen LogP contribution in [0.3, 0.4) is 0 Å². The zero-order valence-corrected chi connectivity index (χ0v) is 18.6. The lowest BCUT2D eigenvalue weighted by atomic mass is 9.74. The van der Waals surface area contributed by atoms with Crippen LogP contribution in [-0.2, 0) is 5.41 Å². The quantitative estimate of drug-likeness (QED) is 0.322. The molecule has 0 unspecified atom stereocenters. The number of hydrogen-bond acceptors (Lipinski definition) is 1. The number of rotatable bonds is 5. The Morgan fingerprint density at radius 3 is 1.87 bits per heavy atom. The molecule has 4 aromatic rings. The van der Waals surface area contributed by atoms with E-state index in [0.29, 0.717) is 0 Å². The number of benzene rings is 4. The number of para-hydroxylation sites is 1. The Kier molecular flexibility index (Phi) is 4.90. The Balaban J connectivity index is 1.72. The van der Waals surface area contributed by atoms with Crippen molar-refractivity contribution in [1.82, 2.24) is 0 Å². The molecule has 0 amide bonds. The van der Waals surface area contributed by atoms with Gasteiger partial charge in [0.2, 0.25) is 0 Å². The van der Waals surface area contributed by atoms with Crippen LogP contribution in [0.2, 0.25) is 0 Å². The minimum atomic E-state index is 0.0809. The average Bonchev–Trinajstić information content (AvgIpc) is 3.11. The molecule has 1 heteroatoms. The van der Waals surface area contributed by atoms with Gasteiger partial charge in [0.05, 0.1) is 0 Å². The predicted octanol–water partition coefficient (Wildman–Crippen LogP) is 8.55. The lowest BCUT2D eigenvalue weighted by Gasteiger charge is -2.31. The van der Waals surface area contributed by atoms with E-state index in [1.807, 2.05) is 0 Å². The molecule has 1 aliphatic rings. The molecule has 0 aliphatic heterocycles. The van der Waals surface area contributed by atoms with E-state index in [9.17, 15) is 0 Å². The number of anilines is 3. The number of nitrogens with zero attached hydrogens (tertiary/aromatic N) is 1. The Morgan fingerprint density at radius 2 is 1.16 bits per heavy atom. The highest BCUT2D eigenvalue weighted by Gasteiger charge is 2.40. The fraction of sp³-hybridized carbons (Fsp3) is 0.200. The molecule has 154 valence electrons. The SMILES string of the molecule is CCC1(CC)c2ccccc2-c2ccc(N(c3ccccc3)c3ccc(C)cc3)cc21. The van der Waals surface area contributed by atoms with Crippen molar-refractivity contribution in [2.45, 2.75) is 39.0 Å². The molecule has 0 fully saturated rings. The van der Waals surface area contributed by atoms with Gasteiger partial charge < -0.3 is 4.90 Å². The molecule has 1 nitrogen and oxygen atoms in total. The third kappa shape index (κ3) is 3.08. The first-order chi connectivity index (χ1) is 15.2. The van der Waals surface area contributed by atoms with Crippen LogP contribution in [0.4, 0.5) is 17.1 Å². The smallest absolute Gasteiger partial charge is 0.0465 e. The largest absolute Gasteiger partial charge is 0.310 e. The highest BCUT2D eigenvalue weighted by molar-refractivity contribution is 5.85. The average molecular weight is 404 g/mol. The van der Waals surface area contributed by atoms with Gasteiger partial charge in [0.25, 0.3) is 0 Å². The Bertz CT molecular complexity index is 1200. The second-order valence-corrected chi connectivity index (χ2v) is 8.57. The summed E-state index contributed by atoms with van der Waals surface area (Å²) in [5.41, 5.74) is 10.7. The van der Waals surface area contributed by atoms with Crippen molar-refractivity contribution >= 4 is 17.1 Å². The van der Waals surface area contributed by atoms with E-state index in [4.69, 9.17) is 0 Å². The molecule has 0 spiro atoms. The van der Waals surface area contributed by atoms with Crippen molar-refractivity contribution in [2.24, 2.45) is 0 Å². The molecule has 0 saturated heterocycles. The van der Waals surface area contributed by atoms with E-state index >= 15 is 0 Å². The molecule has 0 saturated carbocycles. The van der Waals surface area contributed by atoms with Gasteiger partial charge in [0, 0.05) is 22.5 Å². The molecule has 31 heavy (non-hydrogen) atoms. The summed E-state index contributed by atoms with van der Waals surface area (Å²) in [6, 6.07) is 35.5. The first kappa shape index (κ1) is 19.6. The summed E-state index contributed by atoms with van der Waals surface area (Å²) < 4.78 is 0. The van der Waals surface area contributed by atoms with Gasteiger partial charge >= 0.3 is 0 Å². The van der Waals surface area contributed by atoms with Crippen LogP contribution in [0.25, 0.3) is 11.1 Å². The van der Waals surface area contributed by atoms with Gasteiger partial charge in [-0.3, -0.25) is 0 Å². The first-order valence-electron chi connectivity index (χ1n) is 11.3. The van der Waals surface area contributed by atoms with E-state index in [1.165, 1.54) is 44.9 Å². The maximum Gasteiger partial charge on any atom is 0.0465 e. The molecular formula is C30H29N. The summed E-state index contributed by atoms with van der Waals surface area (Å²) in [4.78, 5) is 2.37. The van der Waals surface area contributed by atoms with E-state index < -0.39 is 0 Å². The summed E-state index contributed by atoms with van der Waals surface area (Å²) in [6.07, 6.45) is 2.21. The monoisotopic (exact) mass is 403 g/mol. The van der Waals surface area contributed by atoms with Crippen LogP contribution in [-0.4, -0.2) is 0 Å². The Labute approximate surface area is 186 Å². The van der Waals surface area contributed by atoms with Crippen molar-refractivity contribution < 1.29 is 0 Å². The number of fused-ring (bicyclic) bond motifs is 3. The molecule has 4 aromatic carbocycles. The van der Waals surface area contributed by atoms with Gasteiger partial charge in [-0.2, -0.15) is 0 Å². The second-order valence-electron chi connectivity index (χ2n) is 8.57. The van der Waals surface area contributed by atoms with Gasteiger partial charge in [-0.25, -0.2) is 0 Å². The van der Waals surface area contributed by atoms with Crippen molar-refractivity contribution in [1.29, 1.82) is 0 Å². The topological polar surface area (TPSA) is 3.24 Å². The van der Waals surface area contributed by atoms with Crippen LogP contribution >= 0.6 is 0 Å². The predicted molar refractivity (Wildman–Crippen MR) is 133 cm³/mol. The maximum atomic E-state index is 2.44. The third-order valence-corrected chi connectivity index (χ3v) is 7.02. The highest BCUT2D eigenvalue weighted by Crippen LogP contribution is 2.54. The summed E-state index contributed by atoms with van der Waals surface area (Å²) in [5, 5.41) is 0. The lowest BCUT2D eigenvalue weighted by molar-refractivity contribution is 0.490. The van der Waals surface area contributed by atoms with Crippen molar-refractivity contribution in [3.05, 3.63) is 114 Å². The molecule has 1 aliphatic carbocycles. The first-order valence-corrected chi connectivity index (χ1v) is 11.3. The lowest BCUT2D eigenvalue weighted by Crippen LogP contribution is -2.23. The van der Waals surface area contributed by atoms with Crippen molar-refractivity contribution in [2.75, 3.05) is 4.90 Å². The Morgan fingerprint density at radius 1 is 0.581 bits per heavy atom. The molecular weight excluding hydrogens is 374 g/mol. The summed E-state index contributed by atoms with van der Waals surface area (Å²) in [5.74, 6) is 0. The van der Waals surface area contributed by atoms with E-state index in [-0.39, 0.29) is 5.41 Å². The fourth-order valence-corrected chi connectivity index (χ4v) is 5.31. The summed E-state index contributed by atoms with van der Waals surface area (Å²) in [6.45, 7) is 6.80.